The fraction of sp³-hybridized carbons (Fsp3) is 0.310. The molecular weight excluding hydrogens is 426 g/mol. The minimum Gasteiger partial charge on any atom is -0.295 e. The van der Waals surface area contributed by atoms with Crippen molar-refractivity contribution in [3.8, 4) is 23.0 Å². The van der Waals surface area contributed by atoms with Gasteiger partial charge in [-0.3, -0.25) is 4.90 Å². The fourth-order valence-corrected chi connectivity index (χ4v) is 4.80. The van der Waals surface area contributed by atoms with E-state index >= 15 is 0 Å². The van der Waals surface area contributed by atoms with Gasteiger partial charge in [0.15, 0.2) is 0 Å². The Morgan fingerprint density at radius 2 is 1.91 bits per heavy atom. The molecule has 0 fully saturated rings. The lowest BCUT2D eigenvalue weighted by atomic mass is 9.98. The molecule has 0 aliphatic carbocycles. The van der Waals surface area contributed by atoms with E-state index in [9.17, 15) is 0 Å². The lowest BCUT2D eigenvalue weighted by Crippen LogP contribution is -2.24. The maximum Gasteiger partial charge on any atom is 0.0276 e. The summed E-state index contributed by atoms with van der Waals surface area (Å²) >= 11 is 3.54. The van der Waals surface area contributed by atoms with Gasteiger partial charge in [0.05, 0.1) is 0 Å². The molecule has 0 bridgehead atoms. The van der Waals surface area contributed by atoms with Crippen LogP contribution >= 0.6 is 22.7 Å². The van der Waals surface area contributed by atoms with E-state index in [4.69, 9.17) is 0 Å². The summed E-state index contributed by atoms with van der Waals surface area (Å²) in [4.78, 5) is 3.76. The molecule has 0 saturated carbocycles. The number of benzene rings is 1. The molecule has 3 heteroatoms. The van der Waals surface area contributed by atoms with E-state index in [1.54, 1.807) is 22.7 Å². The van der Waals surface area contributed by atoms with Crippen molar-refractivity contribution < 1.29 is 0 Å². The largest absolute Gasteiger partial charge is 0.295 e. The highest BCUT2D eigenvalue weighted by atomic mass is 32.1. The molecule has 2 aromatic heterocycles. The van der Waals surface area contributed by atoms with E-state index in [1.807, 2.05) is 6.08 Å². The summed E-state index contributed by atoms with van der Waals surface area (Å²) in [7, 11) is 0. The van der Waals surface area contributed by atoms with Crippen molar-refractivity contribution in [2.24, 2.45) is 5.41 Å². The molecule has 0 spiro atoms. The van der Waals surface area contributed by atoms with Crippen molar-refractivity contribution in [2.75, 3.05) is 13.1 Å². The first-order valence-corrected chi connectivity index (χ1v) is 13.0. The second-order valence-corrected chi connectivity index (χ2v) is 10.7. The Morgan fingerprint density at radius 1 is 1.03 bits per heavy atom. The van der Waals surface area contributed by atoms with Gasteiger partial charge in [-0.25, -0.2) is 0 Å². The van der Waals surface area contributed by atoms with E-state index in [0.29, 0.717) is 0 Å². The minimum atomic E-state index is 0.0516. The molecule has 0 unspecified atom stereocenters. The molecule has 3 rings (SSSR count). The number of hydrogen-bond acceptors (Lipinski definition) is 3. The second-order valence-electron chi connectivity index (χ2n) is 8.98. The average Bonchev–Trinajstić information content (AvgIpc) is 3.43. The van der Waals surface area contributed by atoms with Crippen LogP contribution in [0.5, 0.6) is 0 Å². The summed E-state index contributed by atoms with van der Waals surface area (Å²) in [6.45, 7) is 11.6. The fourth-order valence-electron chi connectivity index (χ4n) is 3.32. The van der Waals surface area contributed by atoms with Crippen LogP contribution in [-0.2, 0) is 6.54 Å². The van der Waals surface area contributed by atoms with E-state index in [2.05, 4.69) is 115 Å². The van der Waals surface area contributed by atoms with Gasteiger partial charge in [0.2, 0.25) is 0 Å². The van der Waals surface area contributed by atoms with Crippen molar-refractivity contribution in [2.45, 2.75) is 40.7 Å². The SMILES string of the molecule is CCCN(C/C=C/C#CC(C)(C)C)Cc1cccc(/C=C/c2cc(-c3ccsc3)cs2)c1. The van der Waals surface area contributed by atoms with E-state index in [0.717, 1.165) is 26.1 Å². The zero-order valence-electron chi connectivity index (χ0n) is 19.6. The van der Waals surface area contributed by atoms with Gasteiger partial charge in [0.25, 0.3) is 0 Å². The van der Waals surface area contributed by atoms with Crippen LogP contribution in [0.1, 0.15) is 50.1 Å². The van der Waals surface area contributed by atoms with Gasteiger partial charge in [0.1, 0.15) is 0 Å². The van der Waals surface area contributed by atoms with E-state index in [-0.39, 0.29) is 5.41 Å². The maximum absolute atomic E-state index is 3.26. The van der Waals surface area contributed by atoms with Gasteiger partial charge in [-0.2, -0.15) is 11.3 Å². The molecule has 1 aromatic carbocycles. The Bertz CT molecular complexity index is 1080. The van der Waals surface area contributed by atoms with Gasteiger partial charge in [0, 0.05) is 23.4 Å². The van der Waals surface area contributed by atoms with Crippen LogP contribution in [0.4, 0.5) is 0 Å². The lowest BCUT2D eigenvalue weighted by Gasteiger charge is -2.20. The highest BCUT2D eigenvalue weighted by Gasteiger charge is 2.05. The Hall–Kier alpha value is -2.38. The average molecular weight is 460 g/mol. The molecule has 0 atom stereocenters. The van der Waals surface area contributed by atoms with Gasteiger partial charge >= 0.3 is 0 Å². The standard InChI is InChI=1S/C29H33NS2/c1-5-16-30(17-8-6-7-15-29(2,3)4)21-25-11-9-10-24(19-25)12-13-28-20-27(23-32-28)26-14-18-31-22-26/h6,8-14,18-20,22-23H,5,16-17,21H2,1-4H3/b8-6+,13-12+. The number of nitrogens with zero attached hydrogens (tertiary/aromatic N) is 1. The Labute approximate surface area is 202 Å². The van der Waals surface area contributed by atoms with Crippen molar-refractivity contribution in [1.29, 1.82) is 0 Å². The third-order valence-corrected chi connectivity index (χ3v) is 6.40. The summed E-state index contributed by atoms with van der Waals surface area (Å²) in [6.07, 6.45) is 9.77. The summed E-state index contributed by atoms with van der Waals surface area (Å²) in [5, 5.41) is 6.57. The van der Waals surface area contributed by atoms with E-state index < -0.39 is 0 Å². The molecule has 0 radical (unpaired) electrons. The molecule has 1 nitrogen and oxygen atoms in total. The van der Waals surface area contributed by atoms with Crippen LogP contribution in [0.2, 0.25) is 0 Å². The molecule has 0 saturated heterocycles. The molecule has 2 heterocycles. The normalized spacial score (nSPS) is 12.0. The van der Waals surface area contributed by atoms with Crippen molar-refractivity contribution in [1.82, 2.24) is 4.90 Å². The molecule has 0 N–H and O–H groups in total. The quantitative estimate of drug-likeness (QED) is 0.290. The zero-order chi connectivity index (χ0) is 22.8. The summed E-state index contributed by atoms with van der Waals surface area (Å²) < 4.78 is 0. The first kappa shape index (κ1) is 24.3. The van der Waals surface area contributed by atoms with Gasteiger partial charge in [-0.1, -0.05) is 55.2 Å². The molecule has 0 aliphatic rings. The lowest BCUT2D eigenvalue weighted by molar-refractivity contribution is 0.295. The molecule has 166 valence electrons. The van der Waals surface area contributed by atoms with Crippen LogP contribution in [0.3, 0.4) is 0 Å². The summed E-state index contributed by atoms with van der Waals surface area (Å²) in [5.74, 6) is 6.43. The van der Waals surface area contributed by atoms with Crippen LogP contribution in [0, 0.1) is 17.3 Å². The van der Waals surface area contributed by atoms with Crippen molar-refractivity contribution >= 4 is 34.8 Å². The maximum atomic E-state index is 3.26. The predicted octanol–water partition coefficient (Wildman–Crippen LogP) is 8.46. The third kappa shape index (κ3) is 8.28. The summed E-state index contributed by atoms with van der Waals surface area (Å²) in [6, 6.07) is 13.3. The third-order valence-electron chi connectivity index (χ3n) is 4.82. The number of thiophene rings is 2. The second kappa shape index (κ2) is 12.0. The number of hydrogen-bond donors (Lipinski definition) is 0. The minimum absolute atomic E-state index is 0.0516. The predicted molar refractivity (Wildman–Crippen MR) is 145 cm³/mol. The molecule has 32 heavy (non-hydrogen) atoms. The van der Waals surface area contributed by atoms with Crippen LogP contribution < -0.4 is 0 Å². The molecular formula is C29H33NS2. The highest BCUT2D eigenvalue weighted by molar-refractivity contribution is 7.11. The number of allylic oxidation sites excluding steroid dienone is 1. The molecule has 0 aliphatic heterocycles. The van der Waals surface area contributed by atoms with Gasteiger partial charge in [-0.05, 0) is 96.4 Å². The van der Waals surface area contributed by atoms with Crippen molar-refractivity contribution in [3.63, 3.8) is 0 Å². The zero-order valence-corrected chi connectivity index (χ0v) is 21.2. The summed E-state index contributed by atoms with van der Waals surface area (Å²) in [5.41, 5.74) is 5.26. The smallest absolute Gasteiger partial charge is 0.0276 e. The number of rotatable bonds is 9. The van der Waals surface area contributed by atoms with Crippen LogP contribution in [0.15, 0.2) is 64.7 Å². The van der Waals surface area contributed by atoms with Crippen molar-refractivity contribution in [3.05, 3.63) is 80.7 Å². The molecule has 0 amide bonds. The van der Waals surface area contributed by atoms with Crippen LogP contribution in [0.25, 0.3) is 23.3 Å². The Morgan fingerprint density at radius 3 is 2.66 bits per heavy atom. The molecule has 3 aromatic rings. The topological polar surface area (TPSA) is 3.24 Å². The Balaban J connectivity index is 1.61. The first-order valence-electron chi connectivity index (χ1n) is 11.2. The first-order chi connectivity index (χ1) is 15.4. The van der Waals surface area contributed by atoms with E-state index in [1.165, 1.54) is 27.1 Å². The monoisotopic (exact) mass is 459 g/mol. The highest BCUT2D eigenvalue weighted by Crippen LogP contribution is 2.28. The van der Waals surface area contributed by atoms with Gasteiger partial charge < -0.3 is 0 Å². The van der Waals surface area contributed by atoms with Gasteiger partial charge in [-0.15, -0.1) is 11.3 Å². The Kier molecular flexibility index (Phi) is 9.11. The van der Waals surface area contributed by atoms with Crippen LogP contribution in [-0.4, -0.2) is 18.0 Å².